The molecule has 148 valence electrons. The molecule has 4 aromatic rings. The number of carbonyl (C=O) groups is 1. The number of amides is 1. The van der Waals surface area contributed by atoms with E-state index in [9.17, 15) is 4.79 Å². The van der Waals surface area contributed by atoms with Gasteiger partial charge in [-0.15, -0.1) is 0 Å². The van der Waals surface area contributed by atoms with Crippen LogP contribution in [0.15, 0.2) is 48.9 Å². The molecule has 8 nitrogen and oxygen atoms in total. The minimum absolute atomic E-state index is 0.271. The SMILES string of the molecule is Cc1nc([C@H](Cc2c[nH]c3ccccc23)NC(=O)c2ncc[nH]2)cc(N(C)C)n1. The standard InChI is InChI=1S/C21H23N7O/c1-13-25-18(11-19(26-13)28(2)3)17(27-21(29)20-22-8-9-23-20)10-14-12-24-16-7-5-4-6-15(14)16/h4-9,11-12,17,24H,10H2,1-3H3,(H,22,23)(H,27,29)/t17-/m0/s1. The van der Waals surface area contributed by atoms with Gasteiger partial charge in [0.15, 0.2) is 5.82 Å². The lowest BCUT2D eigenvalue weighted by Gasteiger charge is -2.20. The molecule has 3 heterocycles. The van der Waals surface area contributed by atoms with Crippen molar-refractivity contribution >= 4 is 22.6 Å². The van der Waals surface area contributed by atoms with Crippen molar-refractivity contribution in [2.24, 2.45) is 0 Å². The molecule has 0 bridgehead atoms. The molecule has 4 rings (SSSR count). The molecule has 0 saturated carbocycles. The van der Waals surface area contributed by atoms with Gasteiger partial charge < -0.3 is 20.2 Å². The van der Waals surface area contributed by atoms with Crippen LogP contribution < -0.4 is 10.2 Å². The van der Waals surface area contributed by atoms with Crippen molar-refractivity contribution in [2.45, 2.75) is 19.4 Å². The predicted molar refractivity (Wildman–Crippen MR) is 112 cm³/mol. The third kappa shape index (κ3) is 3.96. The molecule has 0 aliphatic rings. The Morgan fingerprint density at radius 2 is 2.03 bits per heavy atom. The molecular weight excluding hydrogens is 366 g/mol. The molecule has 0 saturated heterocycles. The highest BCUT2D eigenvalue weighted by Gasteiger charge is 2.22. The van der Waals surface area contributed by atoms with Crippen molar-refractivity contribution in [2.75, 3.05) is 19.0 Å². The number of para-hydroxylation sites is 1. The average molecular weight is 389 g/mol. The minimum atomic E-state index is -0.341. The van der Waals surface area contributed by atoms with Crippen molar-refractivity contribution in [3.63, 3.8) is 0 Å². The predicted octanol–water partition coefficient (Wildman–Crippen LogP) is 2.77. The number of imidazole rings is 1. The number of aromatic amines is 2. The second-order valence-corrected chi connectivity index (χ2v) is 7.12. The highest BCUT2D eigenvalue weighted by molar-refractivity contribution is 5.90. The molecule has 0 unspecified atom stereocenters. The molecule has 0 fully saturated rings. The van der Waals surface area contributed by atoms with Crippen LogP contribution in [-0.4, -0.2) is 44.9 Å². The van der Waals surface area contributed by atoms with E-state index in [1.165, 1.54) is 0 Å². The first-order chi connectivity index (χ1) is 14.0. The minimum Gasteiger partial charge on any atom is -0.363 e. The summed E-state index contributed by atoms with van der Waals surface area (Å²) in [6.07, 6.45) is 5.75. The molecule has 0 aliphatic heterocycles. The van der Waals surface area contributed by atoms with Gasteiger partial charge in [-0.25, -0.2) is 15.0 Å². The van der Waals surface area contributed by atoms with Gasteiger partial charge in [-0.1, -0.05) is 18.2 Å². The van der Waals surface area contributed by atoms with E-state index in [1.54, 1.807) is 12.4 Å². The Bertz CT molecular complexity index is 1130. The number of H-pyrrole nitrogens is 2. The highest BCUT2D eigenvalue weighted by Crippen LogP contribution is 2.25. The molecule has 3 aromatic heterocycles. The summed E-state index contributed by atoms with van der Waals surface area (Å²) in [6.45, 7) is 1.85. The highest BCUT2D eigenvalue weighted by atomic mass is 16.2. The number of rotatable bonds is 6. The maximum absolute atomic E-state index is 12.7. The van der Waals surface area contributed by atoms with Gasteiger partial charge in [0.1, 0.15) is 11.6 Å². The van der Waals surface area contributed by atoms with Crippen LogP contribution in [0.5, 0.6) is 0 Å². The van der Waals surface area contributed by atoms with E-state index in [4.69, 9.17) is 0 Å². The summed E-state index contributed by atoms with van der Waals surface area (Å²) in [7, 11) is 3.86. The van der Waals surface area contributed by atoms with Gasteiger partial charge in [-0.05, 0) is 18.6 Å². The van der Waals surface area contributed by atoms with E-state index < -0.39 is 0 Å². The summed E-state index contributed by atoms with van der Waals surface area (Å²) in [6, 6.07) is 9.68. The number of fused-ring (bicyclic) bond motifs is 1. The van der Waals surface area contributed by atoms with E-state index in [0.29, 0.717) is 12.2 Å². The van der Waals surface area contributed by atoms with Crippen molar-refractivity contribution in [1.82, 2.24) is 30.2 Å². The van der Waals surface area contributed by atoms with Crippen LogP contribution in [0.25, 0.3) is 10.9 Å². The smallest absolute Gasteiger partial charge is 0.287 e. The number of nitrogens with zero attached hydrogens (tertiary/aromatic N) is 4. The lowest BCUT2D eigenvalue weighted by Crippen LogP contribution is -2.31. The van der Waals surface area contributed by atoms with Crippen molar-refractivity contribution in [3.8, 4) is 0 Å². The number of carbonyl (C=O) groups excluding carboxylic acids is 1. The van der Waals surface area contributed by atoms with Gasteiger partial charge in [0.05, 0.1) is 11.7 Å². The Morgan fingerprint density at radius 1 is 1.21 bits per heavy atom. The molecule has 1 aromatic carbocycles. The van der Waals surface area contributed by atoms with Crippen LogP contribution in [0.3, 0.4) is 0 Å². The number of hydrogen-bond donors (Lipinski definition) is 3. The molecule has 3 N–H and O–H groups in total. The van der Waals surface area contributed by atoms with E-state index in [1.807, 2.05) is 56.4 Å². The number of aromatic nitrogens is 5. The lowest BCUT2D eigenvalue weighted by atomic mass is 10.0. The monoisotopic (exact) mass is 389 g/mol. The van der Waals surface area contributed by atoms with Crippen LogP contribution in [0.1, 0.15) is 33.7 Å². The van der Waals surface area contributed by atoms with Crippen molar-refractivity contribution in [1.29, 1.82) is 0 Å². The molecule has 1 atom stereocenters. The zero-order valence-electron chi connectivity index (χ0n) is 16.6. The third-order valence-corrected chi connectivity index (χ3v) is 4.78. The Hall–Kier alpha value is -3.68. The fraction of sp³-hybridized carbons (Fsp3) is 0.238. The maximum atomic E-state index is 12.7. The maximum Gasteiger partial charge on any atom is 0.287 e. The van der Waals surface area contributed by atoms with Gasteiger partial charge in [0.2, 0.25) is 0 Å². The van der Waals surface area contributed by atoms with Gasteiger partial charge in [-0.2, -0.15) is 0 Å². The Balaban J connectivity index is 1.72. The zero-order chi connectivity index (χ0) is 20.4. The molecular formula is C21H23N7O. The quantitative estimate of drug-likeness (QED) is 0.471. The van der Waals surface area contributed by atoms with Crippen molar-refractivity contribution in [3.05, 3.63) is 71.8 Å². The lowest BCUT2D eigenvalue weighted by molar-refractivity contribution is 0.0926. The van der Waals surface area contributed by atoms with Crippen molar-refractivity contribution < 1.29 is 4.79 Å². The number of anilines is 1. The average Bonchev–Trinajstić information content (AvgIpc) is 3.37. The second kappa shape index (κ2) is 7.75. The Kier molecular flexibility index (Phi) is 4.99. The molecule has 0 aliphatic carbocycles. The second-order valence-electron chi connectivity index (χ2n) is 7.12. The zero-order valence-corrected chi connectivity index (χ0v) is 16.6. The number of nitrogens with one attached hydrogen (secondary N) is 3. The Morgan fingerprint density at radius 3 is 2.79 bits per heavy atom. The van der Waals surface area contributed by atoms with Crippen LogP contribution in [0.2, 0.25) is 0 Å². The number of benzene rings is 1. The number of hydrogen-bond acceptors (Lipinski definition) is 5. The first-order valence-electron chi connectivity index (χ1n) is 9.39. The van der Waals surface area contributed by atoms with Crippen LogP contribution in [0, 0.1) is 6.92 Å². The first-order valence-corrected chi connectivity index (χ1v) is 9.39. The van der Waals surface area contributed by atoms with Gasteiger partial charge in [-0.3, -0.25) is 4.79 Å². The van der Waals surface area contributed by atoms with Gasteiger partial charge in [0.25, 0.3) is 5.91 Å². The van der Waals surface area contributed by atoms with E-state index in [2.05, 4.69) is 36.3 Å². The fourth-order valence-electron chi connectivity index (χ4n) is 3.35. The van der Waals surface area contributed by atoms with E-state index in [-0.39, 0.29) is 17.8 Å². The molecule has 0 spiro atoms. The molecule has 8 heteroatoms. The van der Waals surface area contributed by atoms with Gasteiger partial charge >= 0.3 is 0 Å². The largest absolute Gasteiger partial charge is 0.363 e. The molecule has 1 amide bonds. The summed E-state index contributed by atoms with van der Waals surface area (Å²) in [4.78, 5) is 33.9. The normalized spacial score (nSPS) is 12.1. The summed E-state index contributed by atoms with van der Waals surface area (Å²) in [5, 5.41) is 4.20. The van der Waals surface area contributed by atoms with E-state index >= 15 is 0 Å². The fourth-order valence-corrected chi connectivity index (χ4v) is 3.35. The number of aryl methyl sites for hydroxylation is 1. The van der Waals surface area contributed by atoms with Crippen LogP contribution >= 0.6 is 0 Å². The Labute approximate surface area is 168 Å². The summed E-state index contributed by atoms with van der Waals surface area (Å²) in [5.74, 6) is 1.45. The molecule has 29 heavy (non-hydrogen) atoms. The van der Waals surface area contributed by atoms with E-state index in [0.717, 1.165) is 28.0 Å². The topological polar surface area (TPSA) is 103 Å². The van der Waals surface area contributed by atoms with Crippen LogP contribution in [-0.2, 0) is 6.42 Å². The third-order valence-electron chi connectivity index (χ3n) is 4.78. The van der Waals surface area contributed by atoms with Crippen LogP contribution in [0.4, 0.5) is 5.82 Å². The molecule has 0 radical (unpaired) electrons. The van der Waals surface area contributed by atoms with Gasteiger partial charge in [0, 0.05) is 56.1 Å². The summed E-state index contributed by atoms with van der Waals surface area (Å²) < 4.78 is 0. The summed E-state index contributed by atoms with van der Waals surface area (Å²) in [5.41, 5.74) is 2.92. The first kappa shape index (κ1) is 18.7. The summed E-state index contributed by atoms with van der Waals surface area (Å²) >= 11 is 0.